The Morgan fingerprint density at radius 3 is 1.52 bits per heavy atom. The van der Waals surface area contributed by atoms with Gasteiger partial charge in [0.15, 0.2) is 0 Å². The van der Waals surface area contributed by atoms with E-state index in [0.29, 0.717) is 23.0 Å². The first-order chi connectivity index (χ1) is 13.8. The topological polar surface area (TPSA) is 65.2 Å². The van der Waals surface area contributed by atoms with E-state index >= 15 is 0 Å². The van der Waals surface area contributed by atoms with Gasteiger partial charge in [0, 0.05) is 23.6 Å². The number of hydrogen-bond donors (Lipinski definition) is 2. The third-order valence-corrected chi connectivity index (χ3v) is 4.83. The van der Waals surface area contributed by atoms with Gasteiger partial charge < -0.3 is 10.2 Å². The number of phenolic OH excluding ortho intramolecular Hbond substituents is 2. The maximum absolute atomic E-state index is 10.0. The fourth-order valence-electron chi connectivity index (χ4n) is 2.96. The summed E-state index contributed by atoms with van der Waals surface area (Å²) in [5.41, 5.74) is 3.81. The lowest BCUT2D eigenvalue weighted by Gasteiger charge is -2.07. The van der Waals surface area contributed by atoms with Crippen LogP contribution in [0.15, 0.2) is 46.4 Å². The lowest BCUT2D eigenvalue weighted by atomic mass is 10.0. The molecule has 2 aromatic rings. The van der Waals surface area contributed by atoms with E-state index in [0.717, 1.165) is 25.7 Å². The van der Waals surface area contributed by atoms with Gasteiger partial charge in [-0.3, -0.25) is 9.98 Å². The number of aromatic hydroxyl groups is 2. The molecule has 0 spiro atoms. The Kier molecular flexibility index (Phi) is 8.91. The maximum atomic E-state index is 10.0. The fourth-order valence-corrected chi connectivity index (χ4v) is 2.96. The highest BCUT2D eigenvalue weighted by molar-refractivity contribution is 5.85. The number of nitrogens with zero attached hydrogens (tertiary/aromatic N) is 2. The number of aryl methyl sites for hydroxylation is 2. The zero-order valence-electron chi connectivity index (χ0n) is 18.1. The van der Waals surface area contributed by atoms with E-state index in [2.05, 4.69) is 37.7 Å². The zero-order valence-corrected chi connectivity index (χ0v) is 18.1. The Morgan fingerprint density at radius 2 is 1.14 bits per heavy atom. The molecule has 4 nitrogen and oxygen atoms in total. The Labute approximate surface area is 175 Å². The van der Waals surface area contributed by atoms with Crippen LogP contribution in [0.25, 0.3) is 0 Å². The van der Waals surface area contributed by atoms with E-state index in [-0.39, 0.29) is 18.2 Å². The molecule has 0 aliphatic carbocycles. The van der Waals surface area contributed by atoms with Crippen molar-refractivity contribution in [2.24, 2.45) is 21.8 Å². The van der Waals surface area contributed by atoms with E-state index in [1.165, 1.54) is 11.1 Å². The molecule has 0 atom stereocenters. The van der Waals surface area contributed by atoms with Crippen molar-refractivity contribution in [2.75, 3.05) is 6.67 Å². The summed E-state index contributed by atoms with van der Waals surface area (Å²) < 4.78 is 0. The molecule has 2 aromatic carbocycles. The molecule has 2 rings (SSSR count). The van der Waals surface area contributed by atoms with Gasteiger partial charge >= 0.3 is 0 Å². The van der Waals surface area contributed by atoms with Gasteiger partial charge in [-0.15, -0.1) is 0 Å². The molecule has 0 aromatic heterocycles. The van der Waals surface area contributed by atoms with Gasteiger partial charge in [0.1, 0.15) is 18.2 Å². The van der Waals surface area contributed by atoms with Crippen LogP contribution in [0.4, 0.5) is 0 Å². The van der Waals surface area contributed by atoms with Crippen LogP contribution < -0.4 is 0 Å². The highest BCUT2D eigenvalue weighted by Gasteiger charge is 2.03. The van der Waals surface area contributed by atoms with Crippen LogP contribution in [0.5, 0.6) is 11.5 Å². The average Bonchev–Trinajstić information content (AvgIpc) is 2.68. The largest absolute Gasteiger partial charge is 0.507 e. The third kappa shape index (κ3) is 8.10. The highest BCUT2D eigenvalue weighted by atomic mass is 16.3. The minimum Gasteiger partial charge on any atom is -0.507 e. The molecule has 0 bridgehead atoms. The number of phenols is 2. The monoisotopic (exact) mass is 394 g/mol. The Bertz CT molecular complexity index is 769. The maximum Gasteiger partial charge on any atom is 0.129 e. The zero-order chi connectivity index (χ0) is 21.2. The van der Waals surface area contributed by atoms with Crippen molar-refractivity contribution in [3.8, 4) is 11.5 Å². The van der Waals surface area contributed by atoms with Gasteiger partial charge in [0.25, 0.3) is 0 Å². The summed E-state index contributed by atoms with van der Waals surface area (Å²) in [4.78, 5) is 8.60. The first kappa shape index (κ1) is 22.7. The molecule has 156 valence electrons. The van der Waals surface area contributed by atoms with Crippen molar-refractivity contribution in [3.05, 3.63) is 58.7 Å². The molecule has 0 aliphatic rings. The van der Waals surface area contributed by atoms with Crippen molar-refractivity contribution in [2.45, 2.75) is 53.4 Å². The Balaban J connectivity index is 1.97. The van der Waals surface area contributed by atoms with Crippen LogP contribution in [0.2, 0.25) is 0 Å². The lowest BCUT2D eigenvalue weighted by Crippen LogP contribution is -1.94. The van der Waals surface area contributed by atoms with Gasteiger partial charge in [-0.1, -0.05) is 39.8 Å². The van der Waals surface area contributed by atoms with Crippen molar-refractivity contribution in [3.63, 3.8) is 0 Å². The van der Waals surface area contributed by atoms with Gasteiger partial charge in [-0.2, -0.15) is 0 Å². The quantitative estimate of drug-likeness (QED) is 0.502. The van der Waals surface area contributed by atoms with E-state index in [1.54, 1.807) is 24.6 Å². The molecule has 0 fully saturated rings. The van der Waals surface area contributed by atoms with Crippen LogP contribution >= 0.6 is 0 Å². The molecular weight excluding hydrogens is 360 g/mol. The molecular formula is C25H34N2O2. The standard InChI is InChI=1S/C25H34N2O2/c1-18(2)5-7-20-9-11-24(28)22(13-20)15-26-17-27-16-23-14-21(8-6-19(3)4)10-12-25(23)29/h9-16,18-19,28-29H,5-8,17H2,1-4H3. The number of benzene rings is 2. The number of aliphatic imine (C=N–C) groups is 2. The summed E-state index contributed by atoms with van der Waals surface area (Å²) in [6.07, 6.45) is 7.53. The van der Waals surface area contributed by atoms with Gasteiger partial charge in [-0.05, 0) is 72.9 Å². The second-order valence-corrected chi connectivity index (χ2v) is 8.42. The summed E-state index contributed by atoms with van der Waals surface area (Å²) in [6, 6.07) is 11.3. The smallest absolute Gasteiger partial charge is 0.129 e. The molecule has 0 amide bonds. The summed E-state index contributed by atoms with van der Waals surface area (Å²) in [5, 5.41) is 20.1. The van der Waals surface area contributed by atoms with Crippen molar-refractivity contribution in [1.29, 1.82) is 0 Å². The predicted octanol–water partition coefficient (Wildman–Crippen LogP) is 5.77. The summed E-state index contributed by atoms with van der Waals surface area (Å²) >= 11 is 0. The predicted molar refractivity (Wildman–Crippen MR) is 123 cm³/mol. The number of hydrogen-bond acceptors (Lipinski definition) is 4. The molecule has 0 saturated carbocycles. The minimum atomic E-state index is 0.224. The molecule has 0 radical (unpaired) electrons. The fraction of sp³-hybridized carbons (Fsp3) is 0.440. The molecule has 0 aliphatic heterocycles. The summed E-state index contributed by atoms with van der Waals surface area (Å²) in [5.74, 6) is 1.74. The average molecular weight is 395 g/mol. The van der Waals surface area contributed by atoms with Gasteiger partial charge in [0.2, 0.25) is 0 Å². The molecule has 29 heavy (non-hydrogen) atoms. The SMILES string of the molecule is CC(C)CCc1ccc(O)c(C=NCN=Cc2cc(CCC(C)C)ccc2O)c1. The highest BCUT2D eigenvalue weighted by Crippen LogP contribution is 2.20. The lowest BCUT2D eigenvalue weighted by molar-refractivity contribution is 0.473. The second-order valence-electron chi connectivity index (χ2n) is 8.42. The molecule has 0 saturated heterocycles. The molecule has 0 heterocycles. The number of rotatable bonds is 10. The van der Waals surface area contributed by atoms with Gasteiger partial charge in [0.05, 0.1) is 0 Å². The van der Waals surface area contributed by atoms with Crippen molar-refractivity contribution >= 4 is 12.4 Å². The first-order valence-corrected chi connectivity index (χ1v) is 10.5. The van der Waals surface area contributed by atoms with Crippen LogP contribution in [0.1, 0.15) is 62.8 Å². The Hall–Kier alpha value is -2.62. The van der Waals surface area contributed by atoms with Crippen LogP contribution in [0, 0.1) is 11.8 Å². The van der Waals surface area contributed by atoms with Crippen molar-refractivity contribution < 1.29 is 10.2 Å². The molecule has 4 heteroatoms. The van der Waals surface area contributed by atoms with Crippen LogP contribution in [-0.2, 0) is 12.8 Å². The molecule has 0 unspecified atom stereocenters. The van der Waals surface area contributed by atoms with Crippen LogP contribution in [-0.4, -0.2) is 29.3 Å². The van der Waals surface area contributed by atoms with Crippen LogP contribution in [0.3, 0.4) is 0 Å². The van der Waals surface area contributed by atoms with E-state index in [4.69, 9.17) is 0 Å². The minimum absolute atomic E-state index is 0.224. The second kappa shape index (κ2) is 11.4. The van der Waals surface area contributed by atoms with E-state index in [1.807, 2.05) is 24.3 Å². The van der Waals surface area contributed by atoms with Crippen molar-refractivity contribution in [1.82, 2.24) is 0 Å². The summed E-state index contributed by atoms with van der Waals surface area (Å²) in [6.45, 7) is 9.07. The Morgan fingerprint density at radius 1 is 0.724 bits per heavy atom. The van der Waals surface area contributed by atoms with E-state index in [9.17, 15) is 10.2 Å². The molecule has 2 N–H and O–H groups in total. The first-order valence-electron chi connectivity index (χ1n) is 10.5. The van der Waals surface area contributed by atoms with Gasteiger partial charge in [-0.25, -0.2) is 0 Å². The summed E-state index contributed by atoms with van der Waals surface area (Å²) in [7, 11) is 0. The van der Waals surface area contributed by atoms with E-state index < -0.39 is 0 Å². The normalized spacial score (nSPS) is 12.1. The third-order valence-electron chi connectivity index (χ3n) is 4.83.